The van der Waals surface area contributed by atoms with Crippen molar-refractivity contribution in [2.24, 2.45) is 0 Å². The van der Waals surface area contributed by atoms with Crippen molar-refractivity contribution < 1.29 is 9.53 Å². The average molecular weight is 330 g/mol. The Morgan fingerprint density at radius 3 is 2.95 bits per heavy atom. The van der Waals surface area contributed by atoms with Gasteiger partial charge in [-0.1, -0.05) is 0 Å². The lowest BCUT2D eigenvalue weighted by Crippen LogP contribution is -2.26. The first-order valence-electron chi connectivity index (χ1n) is 6.35. The summed E-state index contributed by atoms with van der Waals surface area (Å²) in [6.07, 6.45) is 3.51. The fourth-order valence-electron chi connectivity index (χ4n) is 1.59. The lowest BCUT2D eigenvalue weighted by atomic mass is 10.2. The van der Waals surface area contributed by atoms with Gasteiger partial charge in [0.1, 0.15) is 5.82 Å². The highest BCUT2D eigenvalue weighted by molar-refractivity contribution is 9.10. The number of unbranched alkanes of at least 4 members (excludes halogenated alkanes) is 1. The number of ether oxygens (including phenoxy) is 1. The molecule has 0 saturated heterocycles. The molecule has 0 aliphatic carbocycles. The van der Waals surface area contributed by atoms with E-state index in [1.54, 1.807) is 19.4 Å². The van der Waals surface area contributed by atoms with Crippen LogP contribution in [-0.4, -0.2) is 37.7 Å². The molecule has 0 fully saturated rings. The van der Waals surface area contributed by atoms with Crippen molar-refractivity contribution in [2.45, 2.75) is 19.8 Å². The normalized spacial score (nSPS) is 10.3. The van der Waals surface area contributed by atoms with Crippen LogP contribution in [0, 0.1) is 0 Å². The number of nitrogens with zero attached hydrogens (tertiary/aromatic N) is 1. The quantitative estimate of drug-likeness (QED) is 0.719. The van der Waals surface area contributed by atoms with Crippen molar-refractivity contribution in [3.8, 4) is 0 Å². The minimum Gasteiger partial charge on any atom is -0.385 e. The summed E-state index contributed by atoms with van der Waals surface area (Å²) in [5, 5.41) is 5.97. The second kappa shape index (κ2) is 8.87. The van der Waals surface area contributed by atoms with E-state index in [4.69, 9.17) is 4.74 Å². The van der Waals surface area contributed by atoms with Gasteiger partial charge in [0.05, 0.1) is 5.56 Å². The molecular weight excluding hydrogens is 310 g/mol. The maximum atomic E-state index is 12.1. The maximum Gasteiger partial charge on any atom is 0.255 e. The maximum absolute atomic E-state index is 12.1. The van der Waals surface area contributed by atoms with Crippen molar-refractivity contribution in [3.63, 3.8) is 0 Å². The van der Waals surface area contributed by atoms with Gasteiger partial charge >= 0.3 is 0 Å². The Labute approximate surface area is 122 Å². The molecule has 1 aromatic rings. The Bertz CT molecular complexity index is 413. The molecule has 0 aliphatic heterocycles. The standard InChI is InChI=1S/C13H20BrN3O2/c1-3-15-12-11(8-10(14)9-17-12)13(18)16-6-4-5-7-19-2/h8-9H,3-7H2,1-2H3,(H,15,17)(H,16,18). The lowest BCUT2D eigenvalue weighted by Gasteiger charge is -2.10. The SMILES string of the molecule is CCNc1ncc(Br)cc1C(=O)NCCCCOC. The number of nitrogens with one attached hydrogen (secondary N) is 2. The molecule has 0 spiro atoms. The second-order valence-corrected chi connectivity index (χ2v) is 4.95. The van der Waals surface area contributed by atoms with Gasteiger partial charge in [0.25, 0.3) is 5.91 Å². The highest BCUT2D eigenvalue weighted by Gasteiger charge is 2.12. The molecule has 1 rings (SSSR count). The van der Waals surface area contributed by atoms with E-state index < -0.39 is 0 Å². The van der Waals surface area contributed by atoms with Crippen LogP contribution >= 0.6 is 15.9 Å². The van der Waals surface area contributed by atoms with Gasteiger partial charge in [-0.15, -0.1) is 0 Å². The van der Waals surface area contributed by atoms with Crippen LogP contribution in [0.25, 0.3) is 0 Å². The zero-order valence-electron chi connectivity index (χ0n) is 11.3. The van der Waals surface area contributed by atoms with E-state index in [0.717, 1.165) is 30.5 Å². The number of hydrogen-bond donors (Lipinski definition) is 2. The number of carbonyl (C=O) groups is 1. The number of halogens is 1. The fourth-order valence-corrected chi connectivity index (χ4v) is 1.92. The molecule has 0 aromatic carbocycles. The van der Waals surface area contributed by atoms with E-state index in [-0.39, 0.29) is 5.91 Å². The molecule has 0 aliphatic rings. The molecule has 106 valence electrons. The Morgan fingerprint density at radius 1 is 1.47 bits per heavy atom. The topological polar surface area (TPSA) is 63.2 Å². The summed E-state index contributed by atoms with van der Waals surface area (Å²) in [5.74, 6) is 0.502. The third kappa shape index (κ3) is 5.57. The molecule has 0 atom stereocenters. The summed E-state index contributed by atoms with van der Waals surface area (Å²) in [7, 11) is 1.68. The molecule has 2 N–H and O–H groups in total. The number of pyridine rings is 1. The number of amides is 1. The number of anilines is 1. The zero-order chi connectivity index (χ0) is 14.1. The number of methoxy groups -OCH3 is 1. The number of rotatable bonds is 8. The molecule has 1 amide bonds. The van der Waals surface area contributed by atoms with Crippen molar-refractivity contribution in [2.75, 3.05) is 32.1 Å². The van der Waals surface area contributed by atoms with Crippen molar-refractivity contribution >= 4 is 27.7 Å². The lowest BCUT2D eigenvalue weighted by molar-refractivity contribution is 0.0952. The highest BCUT2D eigenvalue weighted by Crippen LogP contribution is 2.17. The molecule has 0 radical (unpaired) electrons. The van der Waals surface area contributed by atoms with Crippen molar-refractivity contribution in [3.05, 3.63) is 22.3 Å². The van der Waals surface area contributed by atoms with E-state index in [1.165, 1.54) is 0 Å². The van der Waals surface area contributed by atoms with Gasteiger partial charge in [-0.25, -0.2) is 4.98 Å². The molecule has 6 heteroatoms. The van der Waals surface area contributed by atoms with Gasteiger partial charge in [0.2, 0.25) is 0 Å². The third-order valence-electron chi connectivity index (χ3n) is 2.50. The first kappa shape index (κ1) is 15.9. The third-order valence-corrected chi connectivity index (χ3v) is 2.94. The number of hydrogen-bond acceptors (Lipinski definition) is 4. The summed E-state index contributed by atoms with van der Waals surface area (Å²) in [5.41, 5.74) is 0.558. The number of aromatic nitrogens is 1. The second-order valence-electron chi connectivity index (χ2n) is 4.04. The van der Waals surface area contributed by atoms with Gasteiger partial charge in [-0.05, 0) is 41.8 Å². The molecule has 5 nitrogen and oxygen atoms in total. The van der Waals surface area contributed by atoms with E-state index in [9.17, 15) is 4.79 Å². The monoisotopic (exact) mass is 329 g/mol. The van der Waals surface area contributed by atoms with Crippen molar-refractivity contribution in [1.82, 2.24) is 10.3 Å². The molecule has 19 heavy (non-hydrogen) atoms. The Balaban J connectivity index is 2.57. The summed E-state index contributed by atoms with van der Waals surface area (Å²) >= 11 is 3.33. The van der Waals surface area contributed by atoms with E-state index in [2.05, 4.69) is 31.5 Å². The molecular formula is C13H20BrN3O2. The number of carbonyl (C=O) groups excluding carboxylic acids is 1. The van der Waals surface area contributed by atoms with Crippen LogP contribution in [0.4, 0.5) is 5.82 Å². The smallest absolute Gasteiger partial charge is 0.255 e. The van der Waals surface area contributed by atoms with Gasteiger partial charge in [0, 0.05) is 37.5 Å². The van der Waals surface area contributed by atoms with Crippen LogP contribution in [0.1, 0.15) is 30.1 Å². The molecule has 0 unspecified atom stereocenters. The predicted molar refractivity (Wildman–Crippen MR) is 79.5 cm³/mol. The minimum absolute atomic E-state index is 0.109. The molecule has 0 saturated carbocycles. The van der Waals surface area contributed by atoms with Gasteiger partial charge in [-0.3, -0.25) is 4.79 Å². The predicted octanol–water partition coefficient (Wildman–Crippen LogP) is 2.43. The Morgan fingerprint density at radius 2 is 2.26 bits per heavy atom. The summed E-state index contributed by atoms with van der Waals surface area (Å²) in [6.45, 7) is 4.05. The molecule has 0 bridgehead atoms. The van der Waals surface area contributed by atoms with Crippen LogP contribution < -0.4 is 10.6 Å². The molecule has 1 aromatic heterocycles. The Kier molecular flexibility index (Phi) is 7.43. The highest BCUT2D eigenvalue weighted by atomic mass is 79.9. The summed E-state index contributed by atoms with van der Waals surface area (Å²) in [4.78, 5) is 16.3. The van der Waals surface area contributed by atoms with E-state index in [1.807, 2.05) is 6.92 Å². The van der Waals surface area contributed by atoms with Gasteiger partial charge in [-0.2, -0.15) is 0 Å². The van der Waals surface area contributed by atoms with E-state index >= 15 is 0 Å². The van der Waals surface area contributed by atoms with Crippen LogP contribution in [0.3, 0.4) is 0 Å². The van der Waals surface area contributed by atoms with Gasteiger partial charge in [0.15, 0.2) is 0 Å². The Hall–Kier alpha value is -1.14. The first-order chi connectivity index (χ1) is 9.19. The van der Waals surface area contributed by atoms with Crippen LogP contribution in [0.5, 0.6) is 0 Å². The summed E-state index contributed by atoms with van der Waals surface area (Å²) < 4.78 is 5.75. The van der Waals surface area contributed by atoms with Crippen LogP contribution in [0.15, 0.2) is 16.7 Å². The zero-order valence-corrected chi connectivity index (χ0v) is 12.9. The minimum atomic E-state index is -0.109. The van der Waals surface area contributed by atoms with Crippen LogP contribution in [0.2, 0.25) is 0 Å². The van der Waals surface area contributed by atoms with Crippen LogP contribution in [-0.2, 0) is 4.74 Å². The largest absolute Gasteiger partial charge is 0.385 e. The fraction of sp³-hybridized carbons (Fsp3) is 0.538. The summed E-state index contributed by atoms with van der Waals surface area (Å²) in [6, 6.07) is 1.77. The average Bonchev–Trinajstić information content (AvgIpc) is 2.40. The van der Waals surface area contributed by atoms with Crippen molar-refractivity contribution in [1.29, 1.82) is 0 Å². The van der Waals surface area contributed by atoms with E-state index in [0.29, 0.717) is 17.9 Å². The van der Waals surface area contributed by atoms with Gasteiger partial charge < -0.3 is 15.4 Å². The molecule has 1 heterocycles. The first-order valence-corrected chi connectivity index (χ1v) is 7.15.